The highest BCUT2D eigenvalue weighted by atomic mass is 35.5. The maximum Gasteiger partial charge on any atom is 0.127 e. The van der Waals surface area contributed by atoms with Gasteiger partial charge in [0.15, 0.2) is 0 Å². The summed E-state index contributed by atoms with van der Waals surface area (Å²) in [7, 11) is 0. The van der Waals surface area contributed by atoms with Crippen LogP contribution < -0.4 is 5.32 Å². The van der Waals surface area contributed by atoms with E-state index in [1.165, 1.54) is 31.7 Å². The second kappa shape index (κ2) is 9.36. The zero-order valence-electron chi connectivity index (χ0n) is 12.9. The molecule has 1 N–H and O–H groups in total. The van der Waals surface area contributed by atoms with Gasteiger partial charge in [-0.25, -0.2) is 4.39 Å². The molecule has 0 aromatic heterocycles. The Bertz CT molecular complexity index is 406. The highest BCUT2D eigenvalue weighted by Crippen LogP contribution is 2.29. The highest BCUT2D eigenvalue weighted by molar-refractivity contribution is 6.31. The van der Waals surface area contributed by atoms with E-state index in [0.717, 1.165) is 24.9 Å². The van der Waals surface area contributed by atoms with Gasteiger partial charge < -0.3 is 5.32 Å². The predicted octanol–water partition coefficient (Wildman–Crippen LogP) is 5.80. The standard InChI is InChI=1S/C17H27ClFN/c1-4-6-7-8-9-17(20-10-5-2)14-11-13(3)16(19)12-15(14)18/h11-12,17,20H,4-10H2,1-3H3. The normalized spacial score (nSPS) is 12.7. The molecule has 1 aromatic carbocycles. The van der Waals surface area contributed by atoms with Crippen molar-refractivity contribution in [2.75, 3.05) is 6.54 Å². The van der Waals surface area contributed by atoms with Gasteiger partial charge >= 0.3 is 0 Å². The van der Waals surface area contributed by atoms with Crippen LogP contribution in [-0.4, -0.2) is 6.54 Å². The van der Waals surface area contributed by atoms with Gasteiger partial charge in [-0.1, -0.05) is 57.2 Å². The van der Waals surface area contributed by atoms with Crippen molar-refractivity contribution in [3.05, 3.63) is 34.1 Å². The lowest BCUT2D eigenvalue weighted by Gasteiger charge is -2.21. The molecule has 0 amide bonds. The van der Waals surface area contributed by atoms with Crippen LogP contribution in [0.3, 0.4) is 0 Å². The lowest BCUT2D eigenvalue weighted by Crippen LogP contribution is -2.22. The molecule has 114 valence electrons. The maximum atomic E-state index is 13.5. The third kappa shape index (κ3) is 5.41. The second-order valence-corrected chi connectivity index (χ2v) is 5.89. The Morgan fingerprint density at radius 2 is 1.90 bits per heavy atom. The fourth-order valence-electron chi connectivity index (χ4n) is 2.41. The average molecular weight is 300 g/mol. The van der Waals surface area contributed by atoms with Crippen molar-refractivity contribution in [3.63, 3.8) is 0 Å². The molecule has 0 spiro atoms. The molecule has 0 saturated heterocycles. The van der Waals surface area contributed by atoms with Crippen LogP contribution in [0.5, 0.6) is 0 Å². The topological polar surface area (TPSA) is 12.0 Å². The van der Waals surface area contributed by atoms with Crippen molar-refractivity contribution < 1.29 is 4.39 Å². The summed E-state index contributed by atoms with van der Waals surface area (Å²) in [6.45, 7) is 7.13. The Morgan fingerprint density at radius 1 is 1.15 bits per heavy atom. The Kier molecular flexibility index (Phi) is 8.16. The summed E-state index contributed by atoms with van der Waals surface area (Å²) < 4.78 is 13.5. The molecule has 0 fully saturated rings. The van der Waals surface area contributed by atoms with E-state index in [2.05, 4.69) is 19.2 Å². The van der Waals surface area contributed by atoms with Gasteiger partial charge in [0.25, 0.3) is 0 Å². The molecule has 0 bridgehead atoms. The first-order chi connectivity index (χ1) is 9.60. The van der Waals surface area contributed by atoms with E-state index in [1.807, 2.05) is 6.07 Å². The monoisotopic (exact) mass is 299 g/mol. The molecule has 1 atom stereocenters. The summed E-state index contributed by atoms with van der Waals surface area (Å²) in [6, 6.07) is 3.57. The van der Waals surface area contributed by atoms with Gasteiger partial charge in [-0.05, 0) is 43.5 Å². The molecule has 1 rings (SSSR count). The number of halogens is 2. The summed E-state index contributed by atoms with van der Waals surface area (Å²) in [5, 5.41) is 4.08. The maximum absolute atomic E-state index is 13.5. The lowest BCUT2D eigenvalue weighted by molar-refractivity contribution is 0.469. The van der Waals surface area contributed by atoms with Crippen LogP contribution in [0.15, 0.2) is 12.1 Å². The number of hydrogen-bond acceptors (Lipinski definition) is 1. The lowest BCUT2D eigenvalue weighted by atomic mass is 9.98. The molecule has 20 heavy (non-hydrogen) atoms. The number of nitrogens with one attached hydrogen (secondary N) is 1. The molecule has 1 nitrogen and oxygen atoms in total. The largest absolute Gasteiger partial charge is 0.310 e. The Morgan fingerprint density at radius 3 is 2.55 bits per heavy atom. The minimum absolute atomic E-state index is 0.223. The van der Waals surface area contributed by atoms with Gasteiger partial charge in [0, 0.05) is 11.1 Å². The van der Waals surface area contributed by atoms with Gasteiger partial charge in [-0.2, -0.15) is 0 Å². The van der Waals surface area contributed by atoms with Crippen molar-refractivity contribution in [2.45, 2.75) is 65.3 Å². The Labute approximate surface area is 127 Å². The minimum atomic E-state index is -0.223. The molecular formula is C17H27ClFN. The number of benzene rings is 1. The van der Waals surface area contributed by atoms with Crippen LogP contribution in [0.4, 0.5) is 4.39 Å². The first-order valence-corrected chi connectivity index (χ1v) is 8.16. The van der Waals surface area contributed by atoms with Gasteiger partial charge in [0.2, 0.25) is 0 Å². The third-order valence-electron chi connectivity index (χ3n) is 3.64. The summed E-state index contributed by atoms with van der Waals surface area (Å²) in [5.41, 5.74) is 1.71. The molecule has 0 aliphatic rings. The van der Waals surface area contributed by atoms with Crippen molar-refractivity contribution in [2.24, 2.45) is 0 Å². The summed E-state index contributed by atoms with van der Waals surface area (Å²) in [4.78, 5) is 0. The molecule has 0 saturated carbocycles. The minimum Gasteiger partial charge on any atom is -0.310 e. The molecule has 0 radical (unpaired) electrons. The smallest absolute Gasteiger partial charge is 0.127 e. The second-order valence-electron chi connectivity index (χ2n) is 5.48. The van der Waals surface area contributed by atoms with Gasteiger partial charge in [-0.15, -0.1) is 0 Å². The van der Waals surface area contributed by atoms with Crippen LogP contribution in [0.25, 0.3) is 0 Å². The van der Waals surface area contributed by atoms with E-state index in [9.17, 15) is 4.39 Å². The number of aryl methyl sites for hydroxylation is 1. The van der Waals surface area contributed by atoms with E-state index < -0.39 is 0 Å². The number of rotatable bonds is 9. The zero-order chi connectivity index (χ0) is 15.0. The van der Waals surface area contributed by atoms with E-state index in [0.29, 0.717) is 10.6 Å². The molecule has 1 unspecified atom stereocenters. The van der Waals surface area contributed by atoms with Crippen LogP contribution in [-0.2, 0) is 0 Å². The summed E-state index contributed by atoms with van der Waals surface area (Å²) in [6.07, 6.45) is 7.09. The SMILES string of the molecule is CCCCCCC(NCCC)c1cc(C)c(F)cc1Cl. The molecule has 0 aliphatic carbocycles. The van der Waals surface area contributed by atoms with Crippen molar-refractivity contribution in [1.29, 1.82) is 0 Å². The zero-order valence-corrected chi connectivity index (χ0v) is 13.7. The van der Waals surface area contributed by atoms with E-state index >= 15 is 0 Å². The molecule has 3 heteroatoms. The number of hydrogen-bond donors (Lipinski definition) is 1. The van der Waals surface area contributed by atoms with Crippen LogP contribution in [0, 0.1) is 12.7 Å². The van der Waals surface area contributed by atoms with Gasteiger partial charge in [-0.3, -0.25) is 0 Å². The van der Waals surface area contributed by atoms with Crippen molar-refractivity contribution in [1.82, 2.24) is 5.32 Å². The molecule has 0 heterocycles. The first kappa shape index (κ1) is 17.5. The Balaban J connectivity index is 2.78. The molecular weight excluding hydrogens is 273 g/mol. The van der Waals surface area contributed by atoms with E-state index in [-0.39, 0.29) is 11.9 Å². The fourth-order valence-corrected chi connectivity index (χ4v) is 2.69. The van der Waals surface area contributed by atoms with Crippen LogP contribution in [0.1, 0.15) is 69.5 Å². The highest BCUT2D eigenvalue weighted by Gasteiger charge is 2.15. The van der Waals surface area contributed by atoms with Crippen LogP contribution in [0.2, 0.25) is 5.02 Å². The summed E-state index contributed by atoms with van der Waals surface area (Å²) >= 11 is 6.24. The summed E-state index contributed by atoms with van der Waals surface area (Å²) in [5.74, 6) is -0.223. The number of unbranched alkanes of at least 4 members (excludes halogenated alkanes) is 3. The van der Waals surface area contributed by atoms with Gasteiger partial charge in [0.1, 0.15) is 5.82 Å². The van der Waals surface area contributed by atoms with Gasteiger partial charge in [0.05, 0.1) is 0 Å². The van der Waals surface area contributed by atoms with E-state index in [4.69, 9.17) is 11.6 Å². The quantitative estimate of drug-likeness (QED) is 0.568. The van der Waals surface area contributed by atoms with Crippen LogP contribution >= 0.6 is 11.6 Å². The first-order valence-electron chi connectivity index (χ1n) is 7.79. The Hall–Kier alpha value is -0.600. The van der Waals surface area contributed by atoms with E-state index in [1.54, 1.807) is 6.92 Å². The van der Waals surface area contributed by atoms with Crippen molar-refractivity contribution in [3.8, 4) is 0 Å². The molecule has 0 aliphatic heterocycles. The predicted molar refractivity (Wildman–Crippen MR) is 85.9 cm³/mol. The third-order valence-corrected chi connectivity index (χ3v) is 3.97. The van der Waals surface area contributed by atoms with Crippen molar-refractivity contribution >= 4 is 11.6 Å². The fraction of sp³-hybridized carbons (Fsp3) is 0.647. The average Bonchev–Trinajstić information content (AvgIpc) is 2.42. The molecule has 1 aromatic rings.